The van der Waals surface area contributed by atoms with Crippen LogP contribution in [0.25, 0.3) is 0 Å². The van der Waals surface area contributed by atoms with Crippen molar-refractivity contribution in [2.24, 2.45) is 5.92 Å². The third-order valence-corrected chi connectivity index (χ3v) is 3.82. The van der Waals surface area contributed by atoms with Crippen molar-refractivity contribution in [1.29, 1.82) is 0 Å². The summed E-state index contributed by atoms with van der Waals surface area (Å²) in [6.45, 7) is 8.04. The van der Waals surface area contributed by atoms with Gasteiger partial charge in [-0.05, 0) is 18.9 Å². The molecule has 1 aliphatic heterocycles. The van der Waals surface area contributed by atoms with Gasteiger partial charge >= 0.3 is 6.09 Å². The molecule has 0 aromatic carbocycles. The van der Waals surface area contributed by atoms with Crippen molar-refractivity contribution < 1.29 is 13.9 Å². The zero-order chi connectivity index (χ0) is 17.3. The normalized spacial score (nSPS) is 18.8. The number of nitrogens with zero attached hydrogens (tertiary/aromatic N) is 5. The van der Waals surface area contributed by atoms with Crippen LogP contribution in [0.3, 0.4) is 0 Å². The number of amides is 1. The lowest BCUT2D eigenvalue weighted by atomic mass is 10.0. The Bertz CT molecular complexity index is 732. The Morgan fingerprint density at radius 3 is 2.79 bits per heavy atom. The van der Waals surface area contributed by atoms with Crippen LogP contribution in [-0.4, -0.2) is 38.9 Å². The Morgan fingerprint density at radius 1 is 1.33 bits per heavy atom. The quantitative estimate of drug-likeness (QED) is 0.889. The maximum absolute atomic E-state index is 12.0. The molecule has 2 aromatic heterocycles. The van der Waals surface area contributed by atoms with Crippen LogP contribution >= 0.6 is 0 Å². The fourth-order valence-corrected chi connectivity index (χ4v) is 2.49. The van der Waals surface area contributed by atoms with E-state index in [2.05, 4.69) is 25.5 Å². The number of ether oxygens (including phenoxy) is 1. The minimum Gasteiger partial charge on any atom is -0.447 e. The minimum atomic E-state index is -0.390. The molecule has 128 valence electrons. The fourth-order valence-electron chi connectivity index (χ4n) is 2.49. The summed E-state index contributed by atoms with van der Waals surface area (Å²) in [7, 11) is 0. The molecule has 9 heteroatoms. The van der Waals surface area contributed by atoms with E-state index in [1.165, 1.54) is 0 Å². The molecule has 1 fully saturated rings. The van der Waals surface area contributed by atoms with Gasteiger partial charge in [0.1, 0.15) is 18.5 Å². The number of rotatable bonds is 5. The van der Waals surface area contributed by atoms with E-state index in [4.69, 9.17) is 9.15 Å². The molecule has 1 N–H and O–H groups in total. The van der Waals surface area contributed by atoms with Gasteiger partial charge in [0.05, 0.1) is 6.04 Å². The molecule has 1 saturated heterocycles. The van der Waals surface area contributed by atoms with Crippen molar-refractivity contribution in [3.8, 4) is 0 Å². The van der Waals surface area contributed by atoms with Crippen LogP contribution in [0, 0.1) is 12.8 Å². The van der Waals surface area contributed by atoms with Crippen molar-refractivity contribution in [3.63, 3.8) is 0 Å². The molecule has 0 radical (unpaired) electrons. The van der Waals surface area contributed by atoms with Gasteiger partial charge in [-0.3, -0.25) is 4.90 Å². The second-order valence-corrected chi connectivity index (χ2v) is 6.02. The molecule has 2 atom stereocenters. The summed E-state index contributed by atoms with van der Waals surface area (Å²) in [5.74, 6) is 2.07. The molecule has 9 nitrogen and oxygen atoms in total. The number of hydrogen-bond acceptors (Lipinski definition) is 8. The highest BCUT2D eigenvalue weighted by Crippen LogP contribution is 2.26. The van der Waals surface area contributed by atoms with Gasteiger partial charge in [0, 0.05) is 13.1 Å². The first-order valence-electron chi connectivity index (χ1n) is 7.81. The lowest BCUT2D eigenvalue weighted by Gasteiger charge is -2.23. The average Bonchev–Trinajstić information content (AvgIpc) is 3.13. The monoisotopic (exact) mass is 332 g/mol. The van der Waals surface area contributed by atoms with E-state index in [9.17, 15) is 4.79 Å². The summed E-state index contributed by atoms with van der Waals surface area (Å²) in [5, 5.41) is 10.9. The molecule has 0 spiro atoms. The second kappa shape index (κ2) is 6.42. The lowest BCUT2D eigenvalue weighted by molar-refractivity contribution is 0.177. The molecular weight excluding hydrogens is 312 g/mol. The van der Waals surface area contributed by atoms with Crippen molar-refractivity contribution in [1.82, 2.24) is 20.2 Å². The Labute approximate surface area is 139 Å². The zero-order valence-electron chi connectivity index (χ0n) is 14.1. The van der Waals surface area contributed by atoms with Gasteiger partial charge in [-0.25, -0.2) is 9.78 Å². The molecule has 2 aromatic rings. The Morgan fingerprint density at radius 2 is 2.12 bits per heavy atom. The minimum absolute atomic E-state index is 0.0451. The summed E-state index contributed by atoms with van der Waals surface area (Å²) < 4.78 is 10.5. The first-order chi connectivity index (χ1) is 11.5. The van der Waals surface area contributed by atoms with Crippen LogP contribution in [0.1, 0.15) is 38.6 Å². The topological polar surface area (TPSA) is 106 Å². The van der Waals surface area contributed by atoms with Gasteiger partial charge in [0.25, 0.3) is 0 Å². The maximum atomic E-state index is 12.0. The van der Waals surface area contributed by atoms with Crippen LogP contribution in [0.15, 0.2) is 16.7 Å². The van der Waals surface area contributed by atoms with Crippen molar-refractivity contribution in [3.05, 3.63) is 24.0 Å². The summed E-state index contributed by atoms with van der Waals surface area (Å²) in [6, 6.07) is 1.39. The lowest BCUT2D eigenvalue weighted by Crippen LogP contribution is -2.37. The Kier molecular flexibility index (Phi) is 4.32. The maximum Gasteiger partial charge on any atom is 0.415 e. The number of cyclic esters (lactones) is 1. The predicted molar refractivity (Wildman–Crippen MR) is 85.6 cm³/mol. The molecule has 0 aliphatic carbocycles. The van der Waals surface area contributed by atoms with Gasteiger partial charge in [0.2, 0.25) is 17.7 Å². The summed E-state index contributed by atoms with van der Waals surface area (Å²) in [4.78, 5) is 22.2. The molecule has 1 amide bonds. The average molecular weight is 332 g/mol. The van der Waals surface area contributed by atoms with E-state index in [0.717, 1.165) is 0 Å². The first kappa shape index (κ1) is 16.2. The molecule has 0 saturated carbocycles. The third-order valence-electron chi connectivity index (χ3n) is 3.82. The van der Waals surface area contributed by atoms with Crippen molar-refractivity contribution in [2.45, 2.75) is 39.8 Å². The van der Waals surface area contributed by atoms with Crippen LogP contribution < -0.4 is 10.2 Å². The van der Waals surface area contributed by atoms with E-state index in [-0.39, 0.29) is 24.1 Å². The smallest absolute Gasteiger partial charge is 0.415 e. The molecular formula is C15H20N6O3. The predicted octanol–water partition coefficient (Wildman–Crippen LogP) is 2.32. The highest BCUT2D eigenvalue weighted by Gasteiger charge is 2.37. The van der Waals surface area contributed by atoms with E-state index in [1.807, 2.05) is 20.8 Å². The summed E-state index contributed by atoms with van der Waals surface area (Å²) in [5.41, 5.74) is 0. The fraction of sp³-hybridized carbons (Fsp3) is 0.533. The summed E-state index contributed by atoms with van der Waals surface area (Å²) in [6.07, 6.45) is 1.21. The van der Waals surface area contributed by atoms with Crippen molar-refractivity contribution in [2.75, 3.05) is 16.8 Å². The number of nitrogens with one attached hydrogen (secondary N) is 1. The molecule has 3 heterocycles. The third kappa shape index (κ3) is 3.15. The second-order valence-electron chi connectivity index (χ2n) is 6.02. The van der Waals surface area contributed by atoms with E-state index in [1.54, 1.807) is 24.1 Å². The Balaban J connectivity index is 1.80. The van der Waals surface area contributed by atoms with Gasteiger partial charge < -0.3 is 14.5 Å². The van der Waals surface area contributed by atoms with Crippen LogP contribution in [-0.2, 0) is 4.74 Å². The standard InChI is InChI=1S/C15H20N6O3/c1-8(2)11-7-23-15(22)21(11)12-5-6-16-14(18-12)17-9(3)13-20-19-10(4)24-13/h5-6,8-9,11H,7H2,1-4H3,(H,16,17,18). The zero-order valence-corrected chi connectivity index (χ0v) is 14.1. The van der Waals surface area contributed by atoms with Crippen LogP contribution in [0.4, 0.5) is 16.6 Å². The van der Waals surface area contributed by atoms with Crippen LogP contribution in [0.2, 0.25) is 0 Å². The highest BCUT2D eigenvalue weighted by atomic mass is 16.6. The molecule has 3 rings (SSSR count). The van der Waals surface area contributed by atoms with Crippen LogP contribution in [0.5, 0.6) is 0 Å². The van der Waals surface area contributed by atoms with Crippen molar-refractivity contribution >= 4 is 17.9 Å². The first-order valence-corrected chi connectivity index (χ1v) is 7.81. The molecule has 0 bridgehead atoms. The number of carbonyl (C=O) groups is 1. The number of aryl methyl sites for hydroxylation is 1. The molecule has 1 aliphatic rings. The van der Waals surface area contributed by atoms with Gasteiger partial charge in [0.15, 0.2) is 0 Å². The SMILES string of the molecule is Cc1nnc(C(C)Nc2nccc(N3C(=O)OCC3C(C)C)n2)o1. The molecule has 2 unspecified atom stereocenters. The van der Waals surface area contributed by atoms with E-state index < -0.39 is 0 Å². The number of carbonyl (C=O) groups excluding carboxylic acids is 1. The molecule has 24 heavy (non-hydrogen) atoms. The van der Waals surface area contributed by atoms with Gasteiger partial charge in [-0.2, -0.15) is 4.98 Å². The largest absolute Gasteiger partial charge is 0.447 e. The van der Waals surface area contributed by atoms with E-state index in [0.29, 0.717) is 30.2 Å². The van der Waals surface area contributed by atoms with E-state index >= 15 is 0 Å². The summed E-state index contributed by atoms with van der Waals surface area (Å²) >= 11 is 0. The number of anilines is 2. The Hall–Kier alpha value is -2.71. The number of aromatic nitrogens is 4. The van der Waals surface area contributed by atoms with Gasteiger partial charge in [-0.1, -0.05) is 13.8 Å². The van der Waals surface area contributed by atoms with Gasteiger partial charge in [-0.15, -0.1) is 10.2 Å². The number of hydrogen-bond donors (Lipinski definition) is 1. The highest BCUT2D eigenvalue weighted by molar-refractivity contribution is 5.89.